The topological polar surface area (TPSA) is 20.9 Å². The van der Waals surface area contributed by atoms with Gasteiger partial charge in [0.15, 0.2) is 18.5 Å². The Morgan fingerprint density at radius 3 is 2.28 bits per heavy atom. The van der Waals surface area contributed by atoms with Crippen LogP contribution in [0.4, 0.5) is 0 Å². The lowest BCUT2D eigenvalue weighted by atomic mass is 9.86. The molecule has 2 nitrogen and oxygen atoms in total. The van der Waals surface area contributed by atoms with Gasteiger partial charge in [-0.3, -0.25) is 4.79 Å². The molecule has 0 spiro atoms. The van der Waals surface area contributed by atoms with Crippen molar-refractivity contribution in [2.45, 2.75) is 32.7 Å². The van der Waals surface area contributed by atoms with Crippen LogP contribution in [0.5, 0.6) is 0 Å². The average molecular weight is 328 g/mol. The zero-order chi connectivity index (χ0) is 17.6. The molecule has 3 aromatic rings. The summed E-state index contributed by atoms with van der Waals surface area (Å²) in [5.41, 5.74) is 6.55. The van der Waals surface area contributed by atoms with Crippen molar-refractivity contribution in [3.05, 3.63) is 89.1 Å². The summed E-state index contributed by atoms with van der Waals surface area (Å²) in [6.45, 7) is 7.37. The molecule has 4 rings (SSSR count). The van der Waals surface area contributed by atoms with Gasteiger partial charge >= 0.3 is 0 Å². The molecule has 1 aliphatic rings. The van der Waals surface area contributed by atoms with E-state index in [2.05, 4.69) is 67.8 Å². The van der Waals surface area contributed by atoms with Crippen molar-refractivity contribution in [2.24, 2.45) is 0 Å². The summed E-state index contributed by atoms with van der Waals surface area (Å²) in [7, 11) is 0. The van der Waals surface area contributed by atoms with Crippen LogP contribution in [0.2, 0.25) is 0 Å². The number of nitrogens with zero attached hydrogens (tertiary/aromatic N) is 1. The number of aromatic nitrogens is 1. The maximum absolute atomic E-state index is 12.9. The van der Waals surface area contributed by atoms with Gasteiger partial charge in [-0.05, 0) is 23.1 Å². The van der Waals surface area contributed by atoms with E-state index in [1.54, 1.807) is 0 Å². The molecule has 0 N–H and O–H groups in total. The SMILES string of the molecule is CC(C)(C)c1ccc(C(=O)c2ccc3[n+](c2)Cc2ccccc2-3)cc1. The summed E-state index contributed by atoms with van der Waals surface area (Å²) in [5, 5.41) is 0. The number of pyridine rings is 1. The van der Waals surface area contributed by atoms with Crippen LogP contribution in [0.3, 0.4) is 0 Å². The molecular weight excluding hydrogens is 306 g/mol. The van der Waals surface area contributed by atoms with Crippen molar-refractivity contribution in [2.75, 3.05) is 0 Å². The summed E-state index contributed by atoms with van der Waals surface area (Å²) in [5.74, 6) is 0.0757. The van der Waals surface area contributed by atoms with E-state index in [9.17, 15) is 4.79 Å². The first-order valence-corrected chi connectivity index (χ1v) is 8.70. The molecule has 0 saturated carbocycles. The zero-order valence-corrected chi connectivity index (χ0v) is 14.9. The van der Waals surface area contributed by atoms with Gasteiger partial charge in [-0.1, -0.05) is 63.2 Å². The predicted molar refractivity (Wildman–Crippen MR) is 99.7 cm³/mol. The molecule has 0 aliphatic carbocycles. The normalized spacial score (nSPS) is 12.6. The first-order chi connectivity index (χ1) is 11.9. The van der Waals surface area contributed by atoms with E-state index in [-0.39, 0.29) is 11.2 Å². The Kier molecular flexibility index (Phi) is 3.57. The fraction of sp³-hybridized carbons (Fsp3) is 0.217. The highest BCUT2D eigenvalue weighted by atomic mass is 16.1. The van der Waals surface area contributed by atoms with Gasteiger partial charge < -0.3 is 0 Å². The van der Waals surface area contributed by atoms with E-state index in [1.165, 1.54) is 22.4 Å². The fourth-order valence-corrected chi connectivity index (χ4v) is 3.43. The molecule has 0 radical (unpaired) electrons. The number of carbonyl (C=O) groups excluding carboxylic acids is 1. The number of benzene rings is 2. The molecule has 0 saturated heterocycles. The summed E-state index contributed by atoms with van der Waals surface area (Å²) in [6, 6.07) is 20.4. The van der Waals surface area contributed by atoms with Crippen molar-refractivity contribution in [1.82, 2.24) is 0 Å². The second-order valence-corrected chi connectivity index (χ2v) is 7.74. The first kappa shape index (κ1) is 15.8. The highest BCUT2D eigenvalue weighted by molar-refractivity contribution is 6.08. The van der Waals surface area contributed by atoms with Gasteiger partial charge in [0.2, 0.25) is 5.69 Å². The lowest BCUT2D eigenvalue weighted by molar-refractivity contribution is -0.672. The summed E-state index contributed by atoms with van der Waals surface area (Å²) < 4.78 is 2.17. The minimum Gasteiger partial charge on any atom is -0.288 e. The Morgan fingerprint density at radius 1 is 0.880 bits per heavy atom. The monoisotopic (exact) mass is 328 g/mol. The Labute approximate surface area is 148 Å². The van der Waals surface area contributed by atoms with Crippen molar-refractivity contribution in [3.8, 4) is 11.3 Å². The Morgan fingerprint density at radius 2 is 1.56 bits per heavy atom. The van der Waals surface area contributed by atoms with E-state index in [0.717, 1.165) is 17.7 Å². The summed E-state index contributed by atoms with van der Waals surface area (Å²) >= 11 is 0. The molecule has 0 bridgehead atoms. The molecule has 0 atom stereocenters. The quantitative estimate of drug-likeness (QED) is 0.391. The number of hydrogen-bond donors (Lipinski definition) is 0. The van der Waals surface area contributed by atoms with Crippen molar-refractivity contribution < 1.29 is 9.36 Å². The molecule has 2 aromatic carbocycles. The van der Waals surface area contributed by atoms with Crippen LogP contribution in [0, 0.1) is 0 Å². The van der Waals surface area contributed by atoms with Crippen LogP contribution < -0.4 is 4.57 Å². The highest BCUT2D eigenvalue weighted by Crippen LogP contribution is 2.27. The minimum absolute atomic E-state index is 0.0757. The third-order valence-corrected chi connectivity index (χ3v) is 4.93. The minimum atomic E-state index is 0.0757. The summed E-state index contributed by atoms with van der Waals surface area (Å²) in [6.07, 6.45) is 1.98. The Hall–Kier alpha value is -2.74. The molecule has 2 heterocycles. The second-order valence-electron chi connectivity index (χ2n) is 7.74. The van der Waals surface area contributed by atoms with Crippen LogP contribution in [0.25, 0.3) is 11.3 Å². The summed E-state index contributed by atoms with van der Waals surface area (Å²) in [4.78, 5) is 12.9. The fourth-order valence-electron chi connectivity index (χ4n) is 3.43. The lowest BCUT2D eigenvalue weighted by Gasteiger charge is -2.18. The Balaban J connectivity index is 1.65. The molecule has 0 fully saturated rings. The molecule has 0 unspecified atom stereocenters. The van der Waals surface area contributed by atoms with Crippen LogP contribution in [-0.4, -0.2) is 5.78 Å². The number of fused-ring (bicyclic) bond motifs is 3. The Bertz CT molecular complexity index is 962. The molecule has 0 amide bonds. The highest BCUT2D eigenvalue weighted by Gasteiger charge is 2.27. The number of carbonyl (C=O) groups is 1. The van der Waals surface area contributed by atoms with Crippen molar-refractivity contribution in [3.63, 3.8) is 0 Å². The maximum atomic E-state index is 12.9. The molecule has 2 heteroatoms. The molecule has 1 aliphatic heterocycles. The average Bonchev–Trinajstić information content (AvgIpc) is 2.98. The van der Waals surface area contributed by atoms with E-state index in [1.807, 2.05) is 24.4 Å². The third kappa shape index (κ3) is 2.78. The van der Waals surface area contributed by atoms with E-state index >= 15 is 0 Å². The molecule has 124 valence electrons. The van der Waals surface area contributed by atoms with Gasteiger partial charge in [0.1, 0.15) is 0 Å². The van der Waals surface area contributed by atoms with Gasteiger partial charge in [-0.2, -0.15) is 4.57 Å². The number of rotatable bonds is 2. The molecular formula is C23H22NO+. The number of ketones is 1. The van der Waals surface area contributed by atoms with Crippen LogP contribution >= 0.6 is 0 Å². The van der Waals surface area contributed by atoms with E-state index in [0.29, 0.717) is 0 Å². The first-order valence-electron chi connectivity index (χ1n) is 8.70. The smallest absolute Gasteiger partial charge is 0.213 e. The number of hydrogen-bond acceptors (Lipinski definition) is 1. The van der Waals surface area contributed by atoms with Gasteiger partial charge in [-0.25, -0.2) is 0 Å². The van der Waals surface area contributed by atoms with Gasteiger partial charge in [0.25, 0.3) is 0 Å². The molecule has 1 aromatic heterocycles. The maximum Gasteiger partial charge on any atom is 0.213 e. The lowest BCUT2D eigenvalue weighted by Crippen LogP contribution is -2.33. The van der Waals surface area contributed by atoms with E-state index < -0.39 is 0 Å². The third-order valence-electron chi connectivity index (χ3n) is 4.93. The predicted octanol–water partition coefficient (Wildman–Crippen LogP) is 4.53. The van der Waals surface area contributed by atoms with Crippen LogP contribution in [0.15, 0.2) is 66.9 Å². The van der Waals surface area contributed by atoms with Crippen molar-refractivity contribution >= 4 is 5.78 Å². The molecule has 25 heavy (non-hydrogen) atoms. The van der Waals surface area contributed by atoms with Gasteiger partial charge in [-0.15, -0.1) is 0 Å². The van der Waals surface area contributed by atoms with Crippen LogP contribution in [-0.2, 0) is 12.0 Å². The van der Waals surface area contributed by atoms with Gasteiger partial charge in [0.05, 0.1) is 11.1 Å². The van der Waals surface area contributed by atoms with Crippen molar-refractivity contribution in [1.29, 1.82) is 0 Å². The largest absolute Gasteiger partial charge is 0.288 e. The van der Waals surface area contributed by atoms with E-state index in [4.69, 9.17) is 0 Å². The zero-order valence-electron chi connectivity index (χ0n) is 14.9. The standard InChI is InChI=1S/C23H22NO/c1-23(2,3)19-11-8-16(9-12-19)22(25)18-10-13-21-20-7-5-4-6-17(20)14-24(21)15-18/h4-13,15H,14H2,1-3H3/q+1. The second kappa shape index (κ2) is 5.66. The van der Waals surface area contributed by atoms with Crippen LogP contribution in [0.1, 0.15) is 47.8 Å². The van der Waals surface area contributed by atoms with Gasteiger partial charge in [0, 0.05) is 17.2 Å².